The van der Waals surface area contributed by atoms with Crippen LogP contribution in [0.2, 0.25) is 0 Å². The van der Waals surface area contributed by atoms with Crippen molar-refractivity contribution in [1.82, 2.24) is 15.2 Å². The lowest BCUT2D eigenvalue weighted by molar-refractivity contribution is -0.151. The number of anilines is 1. The molecule has 3 fully saturated rings. The summed E-state index contributed by atoms with van der Waals surface area (Å²) < 4.78 is 4.59. The van der Waals surface area contributed by atoms with Gasteiger partial charge >= 0.3 is 5.97 Å². The molecule has 2 amide bonds. The van der Waals surface area contributed by atoms with Crippen LogP contribution < -0.4 is 11.1 Å². The molecule has 174 valence electrons. The van der Waals surface area contributed by atoms with Gasteiger partial charge in [-0.25, -0.2) is 4.98 Å². The van der Waals surface area contributed by atoms with Crippen molar-refractivity contribution in [3.8, 4) is 0 Å². The summed E-state index contributed by atoms with van der Waals surface area (Å²) in [6, 6.07) is -0.835. The van der Waals surface area contributed by atoms with E-state index in [2.05, 4.69) is 15.5 Å². The van der Waals surface area contributed by atoms with E-state index in [0.29, 0.717) is 18.1 Å². The number of oxime groups is 1. The highest BCUT2D eigenvalue weighted by molar-refractivity contribution is 8.05. The molecule has 1 aromatic rings. The molecule has 3 aliphatic heterocycles. The van der Waals surface area contributed by atoms with E-state index >= 15 is 0 Å². The second-order valence-corrected chi connectivity index (χ2v) is 11.1. The van der Waals surface area contributed by atoms with E-state index in [0.717, 1.165) is 30.6 Å². The van der Waals surface area contributed by atoms with E-state index in [1.165, 1.54) is 33.8 Å². The van der Waals surface area contributed by atoms with Gasteiger partial charge < -0.3 is 31.0 Å². The minimum atomic E-state index is -1.12. The van der Waals surface area contributed by atoms with Gasteiger partial charge in [0.15, 0.2) is 10.8 Å². The van der Waals surface area contributed by atoms with Crippen LogP contribution in [0.15, 0.2) is 10.5 Å². The number of nitrogens with one attached hydrogen (secondary N) is 1. The van der Waals surface area contributed by atoms with E-state index in [9.17, 15) is 24.7 Å². The average Bonchev–Trinajstić information content (AvgIpc) is 3.22. The molecule has 0 bridgehead atoms. The van der Waals surface area contributed by atoms with Crippen LogP contribution in [0.4, 0.5) is 5.13 Å². The van der Waals surface area contributed by atoms with Crippen LogP contribution in [0.3, 0.4) is 0 Å². The summed E-state index contributed by atoms with van der Waals surface area (Å²) in [5.41, 5.74) is 5.33. The van der Waals surface area contributed by atoms with Crippen LogP contribution in [0, 0.1) is 0 Å². The fraction of sp³-hybridized carbons (Fsp3) is 0.611. The Labute approximate surface area is 196 Å². The standard InChI is InChI=1S/C18H23N5O6S3/c19-17-20-10(6-30-17)11(22-28)13(24)21-12-14(25)23-7-18(16(26)27,8-31-15(12)23)32-5-9-3-1-2-4-29-9/h6,9,12,15,28H,1-5,7-8H2,(H2,19,20)(H,21,24)(H,26,27)/t9?,12?,15-,18?/m1/s1. The van der Waals surface area contributed by atoms with E-state index in [1.54, 1.807) is 0 Å². The first kappa shape index (κ1) is 23.1. The number of nitrogen functional groups attached to an aromatic ring is 1. The molecule has 3 aliphatic rings. The van der Waals surface area contributed by atoms with Gasteiger partial charge in [0.1, 0.15) is 21.9 Å². The Morgan fingerprint density at radius 3 is 2.91 bits per heavy atom. The summed E-state index contributed by atoms with van der Waals surface area (Å²) in [6.45, 7) is 0.757. The maximum absolute atomic E-state index is 12.7. The molecular weight excluding hydrogens is 478 g/mol. The number of carbonyl (C=O) groups excluding carboxylic acids is 2. The number of aromatic nitrogens is 1. The van der Waals surface area contributed by atoms with Crippen molar-refractivity contribution in [3.63, 3.8) is 0 Å². The van der Waals surface area contributed by atoms with Crippen LogP contribution in [-0.2, 0) is 19.1 Å². The fourth-order valence-electron chi connectivity index (χ4n) is 3.84. The van der Waals surface area contributed by atoms with Gasteiger partial charge in [-0.3, -0.25) is 14.4 Å². The number of nitrogens with zero attached hydrogens (tertiary/aromatic N) is 3. The quantitative estimate of drug-likeness (QED) is 0.178. The molecule has 4 atom stereocenters. The topological polar surface area (TPSA) is 167 Å². The van der Waals surface area contributed by atoms with Crippen molar-refractivity contribution in [2.75, 3.05) is 30.4 Å². The normalized spacial score (nSPS) is 30.4. The number of hydrogen-bond acceptors (Lipinski definition) is 11. The van der Waals surface area contributed by atoms with Gasteiger partial charge in [-0.2, -0.15) is 0 Å². The van der Waals surface area contributed by atoms with Crippen molar-refractivity contribution in [2.24, 2.45) is 5.16 Å². The number of fused-ring (bicyclic) bond motifs is 1. The number of thiazole rings is 1. The first-order valence-corrected chi connectivity index (χ1v) is 12.9. The Bertz CT molecular complexity index is 936. The molecule has 0 saturated carbocycles. The third-order valence-corrected chi connectivity index (χ3v) is 9.55. The summed E-state index contributed by atoms with van der Waals surface area (Å²) in [7, 11) is 0. The SMILES string of the molecule is Nc1nc(C(=NO)C(=O)NC2C(=O)N3CC(SCC4CCCCO4)(C(=O)O)CS[C@H]23)cs1. The number of aliphatic carboxylic acids is 1. The molecule has 0 aliphatic carbocycles. The van der Waals surface area contributed by atoms with Crippen molar-refractivity contribution in [2.45, 2.75) is 41.5 Å². The molecule has 0 radical (unpaired) electrons. The first-order chi connectivity index (χ1) is 15.3. The second kappa shape index (κ2) is 9.45. The molecule has 32 heavy (non-hydrogen) atoms. The predicted molar refractivity (Wildman–Crippen MR) is 121 cm³/mol. The van der Waals surface area contributed by atoms with Crippen molar-refractivity contribution < 1.29 is 29.4 Å². The van der Waals surface area contributed by atoms with Crippen LogP contribution in [0.5, 0.6) is 0 Å². The minimum absolute atomic E-state index is 0.0303. The molecule has 4 rings (SSSR count). The molecule has 0 spiro atoms. The lowest BCUT2D eigenvalue weighted by atomic mass is 10.0. The number of nitrogens with two attached hydrogens (primary N) is 1. The van der Waals surface area contributed by atoms with Gasteiger partial charge in [-0.1, -0.05) is 5.16 Å². The number of carboxylic acid groups (broad SMARTS) is 1. The second-order valence-electron chi connectivity index (χ2n) is 7.74. The Morgan fingerprint density at radius 2 is 2.28 bits per heavy atom. The average molecular weight is 502 g/mol. The number of rotatable bonds is 7. The Kier molecular flexibility index (Phi) is 6.83. The Balaban J connectivity index is 1.38. The zero-order chi connectivity index (χ0) is 22.9. The van der Waals surface area contributed by atoms with Gasteiger partial charge in [-0.15, -0.1) is 34.9 Å². The van der Waals surface area contributed by atoms with Gasteiger partial charge in [0.05, 0.1) is 6.10 Å². The molecule has 11 nitrogen and oxygen atoms in total. The number of carbonyl (C=O) groups is 3. The lowest BCUT2D eigenvalue weighted by Crippen LogP contribution is -2.75. The minimum Gasteiger partial charge on any atom is -0.480 e. The highest BCUT2D eigenvalue weighted by Crippen LogP contribution is 2.44. The predicted octanol–water partition coefficient (Wildman–Crippen LogP) is 0.429. The lowest BCUT2D eigenvalue weighted by Gasteiger charge is -2.53. The van der Waals surface area contributed by atoms with Crippen LogP contribution >= 0.6 is 34.9 Å². The number of ether oxygens (including phenoxy) is 1. The molecule has 3 unspecified atom stereocenters. The van der Waals surface area contributed by atoms with E-state index < -0.39 is 22.7 Å². The number of amides is 2. The van der Waals surface area contributed by atoms with Crippen LogP contribution in [-0.4, -0.2) is 90.6 Å². The summed E-state index contributed by atoms with van der Waals surface area (Å²) in [4.78, 5) is 42.8. The molecule has 4 heterocycles. The van der Waals surface area contributed by atoms with E-state index in [1.807, 2.05) is 0 Å². The monoisotopic (exact) mass is 501 g/mol. The third kappa shape index (κ3) is 4.40. The van der Waals surface area contributed by atoms with E-state index in [-0.39, 0.29) is 40.5 Å². The highest BCUT2D eigenvalue weighted by Gasteiger charge is 2.58. The molecular formula is C18H23N5O6S3. The maximum Gasteiger partial charge on any atom is 0.322 e. The largest absolute Gasteiger partial charge is 0.480 e. The van der Waals surface area contributed by atoms with Crippen molar-refractivity contribution in [3.05, 3.63) is 11.1 Å². The first-order valence-electron chi connectivity index (χ1n) is 10.00. The molecule has 5 N–H and O–H groups in total. The third-order valence-electron chi connectivity index (χ3n) is 5.63. The van der Waals surface area contributed by atoms with Crippen molar-refractivity contribution >= 4 is 63.5 Å². The van der Waals surface area contributed by atoms with Crippen LogP contribution in [0.1, 0.15) is 25.0 Å². The fourth-order valence-corrected chi connectivity index (χ4v) is 7.44. The number of hydrogen-bond donors (Lipinski definition) is 4. The highest BCUT2D eigenvalue weighted by atomic mass is 32.2. The molecule has 0 aromatic carbocycles. The van der Waals surface area contributed by atoms with E-state index in [4.69, 9.17) is 10.5 Å². The van der Waals surface area contributed by atoms with Crippen LogP contribution in [0.25, 0.3) is 0 Å². The summed E-state index contributed by atoms with van der Waals surface area (Å²) >= 11 is 3.74. The Hall–Kier alpha value is -2.03. The van der Waals surface area contributed by atoms with Gasteiger partial charge in [0.25, 0.3) is 5.91 Å². The smallest absolute Gasteiger partial charge is 0.322 e. The number of β-lactam (4-membered cyclic amide) rings is 1. The maximum atomic E-state index is 12.7. The summed E-state index contributed by atoms with van der Waals surface area (Å²) in [5.74, 6) is -1.22. The zero-order valence-electron chi connectivity index (χ0n) is 16.9. The molecule has 3 saturated heterocycles. The van der Waals surface area contributed by atoms with Gasteiger partial charge in [0, 0.05) is 30.0 Å². The summed E-state index contributed by atoms with van der Waals surface area (Å²) in [6.07, 6.45) is 3.04. The van der Waals surface area contributed by atoms with Gasteiger partial charge in [-0.05, 0) is 19.3 Å². The Morgan fingerprint density at radius 1 is 1.47 bits per heavy atom. The summed E-state index contributed by atoms with van der Waals surface area (Å²) in [5, 5.41) is 26.0. The molecule has 1 aromatic heterocycles. The zero-order valence-corrected chi connectivity index (χ0v) is 19.4. The molecule has 14 heteroatoms. The number of thioether (sulfide) groups is 2. The van der Waals surface area contributed by atoms with Crippen molar-refractivity contribution in [1.29, 1.82) is 0 Å². The number of carboxylic acids is 1. The van der Waals surface area contributed by atoms with Gasteiger partial charge in [0.2, 0.25) is 5.91 Å².